The molecule has 6 nitrogen and oxygen atoms in total. The third-order valence-corrected chi connectivity index (χ3v) is 8.82. The summed E-state index contributed by atoms with van der Waals surface area (Å²) in [6.45, 7) is 4.38. The number of amides is 2. The van der Waals surface area contributed by atoms with Crippen LogP contribution >= 0.6 is 23.7 Å². The molecule has 8 heteroatoms. The van der Waals surface area contributed by atoms with Crippen LogP contribution in [0, 0.1) is 11.3 Å². The Morgan fingerprint density at radius 1 is 1.14 bits per heavy atom. The van der Waals surface area contributed by atoms with E-state index in [9.17, 15) is 9.59 Å². The van der Waals surface area contributed by atoms with Gasteiger partial charge in [0, 0.05) is 30.4 Å². The molecule has 1 aromatic carbocycles. The molecule has 3 heterocycles. The average Bonchev–Trinajstić information content (AvgIpc) is 3.51. The fourth-order valence-electron chi connectivity index (χ4n) is 5.39. The van der Waals surface area contributed by atoms with Crippen LogP contribution in [0.2, 0.25) is 0 Å². The lowest BCUT2D eigenvalue weighted by Gasteiger charge is -2.38. The Bertz CT molecular complexity index is 986. The summed E-state index contributed by atoms with van der Waals surface area (Å²) in [5, 5.41) is 5.37. The molecule has 1 aliphatic carbocycles. The maximum atomic E-state index is 13.4. The second-order valence-corrected chi connectivity index (χ2v) is 11.1. The van der Waals surface area contributed by atoms with E-state index in [-0.39, 0.29) is 35.7 Å². The van der Waals surface area contributed by atoms with Gasteiger partial charge in [0.1, 0.15) is 5.75 Å². The lowest BCUT2D eigenvalue weighted by Crippen LogP contribution is -2.45. The van der Waals surface area contributed by atoms with Crippen LogP contribution in [-0.2, 0) is 16.1 Å². The summed E-state index contributed by atoms with van der Waals surface area (Å²) in [6.07, 6.45) is 5.81. The molecule has 35 heavy (non-hydrogen) atoms. The second kappa shape index (κ2) is 11.3. The van der Waals surface area contributed by atoms with E-state index in [1.54, 1.807) is 18.4 Å². The van der Waals surface area contributed by atoms with Gasteiger partial charge in [-0.05, 0) is 80.8 Å². The number of rotatable bonds is 9. The topological polar surface area (TPSA) is 61.9 Å². The van der Waals surface area contributed by atoms with Gasteiger partial charge in [-0.2, -0.15) is 0 Å². The number of nitrogens with zero attached hydrogens (tertiary/aromatic N) is 2. The summed E-state index contributed by atoms with van der Waals surface area (Å²) in [4.78, 5) is 31.5. The van der Waals surface area contributed by atoms with E-state index in [1.807, 2.05) is 29.2 Å². The van der Waals surface area contributed by atoms with Gasteiger partial charge in [0.05, 0.1) is 18.6 Å². The molecule has 2 aromatic rings. The van der Waals surface area contributed by atoms with Crippen LogP contribution in [0.15, 0.2) is 41.8 Å². The van der Waals surface area contributed by atoms with Crippen molar-refractivity contribution in [3.05, 3.63) is 52.2 Å². The highest BCUT2D eigenvalue weighted by atomic mass is 35.5. The van der Waals surface area contributed by atoms with Crippen molar-refractivity contribution in [2.75, 3.05) is 33.3 Å². The molecule has 2 saturated heterocycles. The maximum absolute atomic E-state index is 13.4. The summed E-state index contributed by atoms with van der Waals surface area (Å²) in [5.41, 5.74) is 0.965. The zero-order chi connectivity index (χ0) is 23.5. The largest absolute Gasteiger partial charge is 0.497 e. The van der Waals surface area contributed by atoms with Gasteiger partial charge in [0.15, 0.2) is 0 Å². The van der Waals surface area contributed by atoms with Gasteiger partial charge in [-0.3, -0.25) is 9.59 Å². The lowest BCUT2D eigenvalue weighted by atomic mass is 9.77. The molecule has 2 amide bonds. The average molecular weight is 518 g/mol. The summed E-state index contributed by atoms with van der Waals surface area (Å²) in [6, 6.07) is 12.3. The Morgan fingerprint density at radius 2 is 1.86 bits per heavy atom. The number of benzene rings is 1. The van der Waals surface area contributed by atoms with Crippen molar-refractivity contribution in [3.63, 3.8) is 0 Å². The van der Waals surface area contributed by atoms with E-state index in [2.05, 4.69) is 27.7 Å². The third-order valence-electron chi connectivity index (χ3n) is 7.83. The Labute approximate surface area is 218 Å². The summed E-state index contributed by atoms with van der Waals surface area (Å²) in [5.74, 6) is 1.61. The van der Waals surface area contributed by atoms with E-state index < -0.39 is 0 Å². The van der Waals surface area contributed by atoms with Gasteiger partial charge < -0.3 is 19.9 Å². The fraction of sp³-hybridized carbons (Fsp3) is 0.556. The first-order valence-electron chi connectivity index (χ1n) is 12.5. The Balaban J connectivity index is 0.00000289. The van der Waals surface area contributed by atoms with Gasteiger partial charge in [0.25, 0.3) is 0 Å². The highest BCUT2D eigenvalue weighted by Crippen LogP contribution is 2.42. The highest BCUT2D eigenvalue weighted by Gasteiger charge is 2.47. The zero-order valence-corrected chi connectivity index (χ0v) is 22.0. The molecule has 190 valence electrons. The SMILES string of the molecule is COc1ccc(CN2CCC3(CCN(CCC(NC(=O)C4CC4)c4cccs4)CC3)C2=O)cc1.Cl. The van der Waals surface area contributed by atoms with Crippen molar-refractivity contribution in [3.8, 4) is 5.75 Å². The molecule has 3 aliphatic rings. The van der Waals surface area contributed by atoms with E-state index in [0.29, 0.717) is 12.5 Å². The monoisotopic (exact) mass is 517 g/mol. The van der Waals surface area contributed by atoms with Crippen molar-refractivity contribution in [1.29, 1.82) is 0 Å². The Hall–Kier alpha value is -2.09. The van der Waals surface area contributed by atoms with Crippen LogP contribution in [0.25, 0.3) is 0 Å². The molecule has 0 bridgehead atoms. The number of thiophene rings is 1. The lowest BCUT2D eigenvalue weighted by molar-refractivity contribution is -0.139. The first-order chi connectivity index (χ1) is 16.6. The van der Waals surface area contributed by atoms with Gasteiger partial charge in [-0.25, -0.2) is 0 Å². The van der Waals surface area contributed by atoms with E-state index in [0.717, 1.165) is 76.0 Å². The summed E-state index contributed by atoms with van der Waals surface area (Å²) >= 11 is 1.72. The smallest absolute Gasteiger partial charge is 0.229 e. The highest BCUT2D eigenvalue weighted by molar-refractivity contribution is 7.10. The van der Waals surface area contributed by atoms with Crippen LogP contribution < -0.4 is 10.1 Å². The number of hydrogen-bond acceptors (Lipinski definition) is 5. The molecule has 3 fully saturated rings. The number of likely N-dealkylation sites (tertiary alicyclic amines) is 2. The summed E-state index contributed by atoms with van der Waals surface area (Å²) in [7, 11) is 1.67. The normalized spacial score (nSPS) is 20.5. The molecule has 1 aromatic heterocycles. The van der Waals surface area contributed by atoms with Crippen LogP contribution in [0.4, 0.5) is 0 Å². The van der Waals surface area contributed by atoms with Gasteiger partial charge >= 0.3 is 0 Å². The van der Waals surface area contributed by atoms with Gasteiger partial charge in [-0.15, -0.1) is 23.7 Å². The maximum Gasteiger partial charge on any atom is 0.229 e. The number of ether oxygens (including phenoxy) is 1. The molecule has 2 aliphatic heterocycles. The third kappa shape index (κ3) is 6.01. The van der Waals surface area contributed by atoms with Crippen molar-refractivity contribution < 1.29 is 14.3 Å². The quantitative estimate of drug-likeness (QED) is 0.526. The molecule has 0 radical (unpaired) electrons. The molecule has 1 saturated carbocycles. The van der Waals surface area contributed by atoms with Crippen LogP contribution in [0.1, 0.15) is 55.0 Å². The van der Waals surface area contributed by atoms with Crippen molar-refractivity contribution >= 4 is 35.6 Å². The van der Waals surface area contributed by atoms with E-state index in [1.165, 1.54) is 4.88 Å². The predicted molar refractivity (Wildman–Crippen MR) is 141 cm³/mol. The number of hydrogen-bond donors (Lipinski definition) is 1. The van der Waals surface area contributed by atoms with Gasteiger partial charge in [0.2, 0.25) is 11.8 Å². The Kier molecular flexibility index (Phi) is 8.40. The van der Waals surface area contributed by atoms with E-state index in [4.69, 9.17) is 4.74 Å². The van der Waals surface area contributed by atoms with Crippen molar-refractivity contribution in [2.24, 2.45) is 11.3 Å². The number of carbonyl (C=O) groups excluding carboxylic acids is 2. The standard InChI is InChI=1S/C27H35N3O3S.ClH/c1-33-22-8-4-20(5-9-22)19-30-17-13-27(26(30)32)11-15-29(16-12-27)14-10-23(24-3-2-18-34-24)28-25(31)21-6-7-21;/h2-5,8-9,18,21,23H,6-7,10-17,19H2,1H3,(H,28,31);1H. The fourth-order valence-corrected chi connectivity index (χ4v) is 6.20. The molecule has 1 N–H and O–H groups in total. The molecule has 5 rings (SSSR count). The molecule has 1 spiro atoms. The zero-order valence-electron chi connectivity index (χ0n) is 20.4. The number of methoxy groups -OCH3 is 1. The van der Waals surface area contributed by atoms with Gasteiger partial charge in [-0.1, -0.05) is 18.2 Å². The Morgan fingerprint density at radius 3 is 2.49 bits per heavy atom. The second-order valence-electron chi connectivity index (χ2n) is 10.1. The van der Waals surface area contributed by atoms with Crippen LogP contribution in [0.3, 0.4) is 0 Å². The van der Waals surface area contributed by atoms with Crippen LogP contribution in [0.5, 0.6) is 5.75 Å². The number of carbonyl (C=O) groups is 2. The van der Waals surface area contributed by atoms with E-state index >= 15 is 0 Å². The molecular formula is C27H36ClN3O3S. The van der Waals surface area contributed by atoms with Crippen molar-refractivity contribution in [2.45, 2.75) is 51.1 Å². The number of halogens is 1. The first-order valence-corrected chi connectivity index (χ1v) is 13.4. The first kappa shape index (κ1) is 26.0. The minimum Gasteiger partial charge on any atom is -0.497 e. The minimum atomic E-state index is -0.184. The van der Waals surface area contributed by atoms with Crippen LogP contribution in [-0.4, -0.2) is 54.9 Å². The number of piperidine rings is 1. The number of nitrogens with one attached hydrogen (secondary N) is 1. The minimum absolute atomic E-state index is 0. The summed E-state index contributed by atoms with van der Waals surface area (Å²) < 4.78 is 5.24. The molecule has 1 unspecified atom stereocenters. The molecular weight excluding hydrogens is 482 g/mol. The van der Waals surface area contributed by atoms with Crippen molar-refractivity contribution in [1.82, 2.24) is 15.1 Å². The predicted octanol–water partition coefficient (Wildman–Crippen LogP) is 4.65. The molecule has 1 atom stereocenters.